The van der Waals surface area contributed by atoms with Crippen LogP contribution in [-0.4, -0.2) is 30.4 Å². The topological polar surface area (TPSA) is 71.3 Å². The zero-order valence-corrected chi connectivity index (χ0v) is 14.6. The summed E-state index contributed by atoms with van der Waals surface area (Å²) in [6, 6.07) is 3.62. The van der Waals surface area contributed by atoms with E-state index in [0.29, 0.717) is 0 Å². The second-order valence-corrected chi connectivity index (χ2v) is 6.91. The smallest absolute Gasteiger partial charge is 0.399 e. The molecule has 0 aromatic heterocycles. The summed E-state index contributed by atoms with van der Waals surface area (Å²) in [5.41, 5.74) is -2.14. The molecule has 1 saturated heterocycles. The van der Waals surface area contributed by atoms with E-state index in [1.54, 1.807) is 39.1 Å². The van der Waals surface area contributed by atoms with Crippen LogP contribution in [0.25, 0.3) is 0 Å². The Morgan fingerprint density at radius 2 is 1.77 bits per heavy atom. The van der Waals surface area contributed by atoms with Crippen molar-refractivity contribution in [2.24, 2.45) is 0 Å². The normalized spacial score (nSPS) is 18.5. The Bertz CT molecular complexity index is 756. The van der Waals surface area contributed by atoms with Gasteiger partial charge in [-0.2, -0.15) is 18.4 Å². The van der Waals surface area contributed by atoms with Crippen molar-refractivity contribution in [1.82, 2.24) is 0 Å². The minimum Gasteiger partial charge on any atom is -0.399 e. The number of hydrogen-bond donors (Lipinski definition) is 1. The fourth-order valence-corrected chi connectivity index (χ4v) is 2.32. The number of anilines is 1. The van der Waals surface area contributed by atoms with Crippen LogP contribution in [0.4, 0.5) is 23.2 Å². The first-order valence-corrected chi connectivity index (χ1v) is 7.71. The molecule has 1 amide bonds. The van der Waals surface area contributed by atoms with Crippen molar-refractivity contribution in [1.29, 1.82) is 5.26 Å². The van der Waals surface area contributed by atoms with E-state index in [2.05, 4.69) is 0 Å². The van der Waals surface area contributed by atoms with Crippen LogP contribution < -0.4 is 10.8 Å². The molecule has 1 heterocycles. The molecule has 1 aliphatic heterocycles. The number of carbonyl (C=O) groups excluding carboxylic acids is 1. The van der Waals surface area contributed by atoms with Gasteiger partial charge in [-0.15, -0.1) is 0 Å². The van der Waals surface area contributed by atoms with Crippen molar-refractivity contribution in [2.75, 3.05) is 5.32 Å². The molecule has 1 aromatic carbocycles. The van der Waals surface area contributed by atoms with Crippen LogP contribution in [0.1, 0.15) is 33.3 Å². The van der Waals surface area contributed by atoms with Crippen molar-refractivity contribution in [2.45, 2.75) is 51.5 Å². The molecule has 1 N–H and O–H groups in total. The van der Waals surface area contributed by atoms with Gasteiger partial charge in [-0.25, -0.2) is 4.39 Å². The Morgan fingerprint density at radius 3 is 2.23 bits per heavy atom. The largest absolute Gasteiger partial charge is 0.497 e. The summed E-state index contributed by atoms with van der Waals surface area (Å²) in [7, 11) is -1.17. The van der Waals surface area contributed by atoms with E-state index >= 15 is 0 Å². The monoisotopic (exact) mass is 372 g/mol. The maximum Gasteiger partial charge on any atom is 0.497 e. The molecule has 1 aromatic rings. The van der Waals surface area contributed by atoms with Gasteiger partial charge in [0.2, 0.25) is 0 Å². The molecule has 0 radical (unpaired) electrons. The molecule has 0 atom stereocenters. The van der Waals surface area contributed by atoms with Crippen LogP contribution in [0, 0.1) is 17.1 Å². The fourth-order valence-electron chi connectivity index (χ4n) is 2.32. The first-order valence-electron chi connectivity index (χ1n) is 7.71. The molecule has 0 aliphatic carbocycles. The lowest BCUT2D eigenvalue weighted by Gasteiger charge is -2.32. The van der Waals surface area contributed by atoms with Crippen LogP contribution in [0.5, 0.6) is 0 Å². The van der Waals surface area contributed by atoms with Crippen molar-refractivity contribution >= 4 is 24.2 Å². The molecule has 0 unspecified atom stereocenters. The number of carbonyl (C=O) groups is 1. The lowest BCUT2D eigenvalue weighted by molar-refractivity contribution is -0.167. The van der Waals surface area contributed by atoms with Crippen LogP contribution in [0.2, 0.25) is 0 Å². The van der Waals surface area contributed by atoms with Crippen molar-refractivity contribution in [3.63, 3.8) is 0 Å². The quantitative estimate of drug-likeness (QED) is 0.654. The summed E-state index contributed by atoms with van der Waals surface area (Å²) >= 11 is 0. The summed E-state index contributed by atoms with van der Waals surface area (Å²) in [4.78, 5) is 11.2. The predicted molar refractivity (Wildman–Crippen MR) is 86.1 cm³/mol. The first kappa shape index (κ1) is 20.2. The fraction of sp³-hybridized carbons (Fsp3) is 0.500. The Kier molecular flexibility index (Phi) is 5.09. The van der Waals surface area contributed by atoms with Crippen molar-refractivity contribution < 1.29 is 31.7 Å². The second-order valence-electron chi connectivity index (χ2n) is 6.91. The standard InChI is InChI=1S/C16H17BF4N2O3/c1-14(2)15(3,4)26-17(25-14)10-8-12(23-13(24)16(19,20)21)9(5-6-22)7-11(10)18/h7-8H,5H2,1-4H3,(H,23,24). The molecule has 5 nitrogen and oxygen atoms in total. The lowest BCUT2D eigenvalue weighted by atomic mass is 9.77. The molecule has 1 aliphatic rings. The number of nitriles is 1. The number of hydrogen-bond acceptors (Lipinski definition) is 4. The third kappa shape index (κ3) is 3.84. The van der Waals surface area contributed by atoms with Gasteiger partial charge in [0, 0.05) is 11.2 Å². The summed E-state index contributed by atoms with van der Waals surface area (Å²) < 4.78 is 63.5. The van der Waals surface area contributed by atoms with Gasteiger partial charge in [0.15, 0.2) is 0 Å². The zero-order chi connectivity index (χ0) is 19.9. The maximum atomic E-state index is 14.5. The van der Waals surface area contributed by atoms with E-state index in [0.717, 1.165) is 12.1 Å². The van der Waals surface area contributed by atoms with Crippen LogP contribution >= 0.6 is 0 Å². The zero-order valence-electron chi connectivity index (χ0n) is 14.6. The van der Waals surface area contributed by atoms with Gasteiger partial charge in [-0.05, 0) is 45.4 Å². The van der Waals surface area contributed by atoms with Gasteiger partial charge in [0.1, 0.15) is 5.82 Å². The molecular formula is C16H17BF4N2O3. The molecular weight excluding hydrogens is 355 g/mol. The summed E-state index contributed by atoms with van der Waals surface area (Å²) in [5.74, 6) is -3.03. The number of rotatable bonds is 3. The Morgan fingerprint density at radius 1 is 1.23 bits per heavy atom. The number of alkyl halides is 3. The molecule has 2 rings (SSSR count). The molecule has 0 spiro atoms. The highest BCUT2D eigenvalue weighted by molar-refractivity contribution is 6.62. The van der Waals surface area contributed by atoms with Crippen molar-refractivity contribution in [3.8, 4) is 6.07 Å². The molecule has 1 fully saturated rings. The number of benzene rings is 1. The SMILES string of the molecule is CC1(C)OB(c2cc(NC(=O)C(F)(F)F)c(CC#N)cc2F)OC1(C)C. The number of halogens is 4. The number of amides is 1. The van der Waals surface area contributed by atoms with Crippen LogP contribution in [0.15, 0.2) is 12.1 Å². The third-order valence-electron chi connectivity index (χ3n) is 4.50. The molecule has 0 saturated carbocycles. The summed E-state index contributed by atoms with van der Waals surface area (Å²) in [5, 5.41) is 10.5. The summed E-state index contributed by atoms with van der Waals surface area (Å²) in [6.45, 7) is 6.95. The third-order valence-corrected chi connectivity index (χ3v) is 4.50. The van der Waals surface area contributed by atoms with Gasteiger partial charge < -0.3 is 14.6 Å². The lowest BCUT2D eigenvalue weighted by Crippen LogP contribution is -2.41. The molecule has 26 heavy (non-hydrogen) atoms. The first-order chi connectivity index (χ1) is 11.8. The Labute approximate surface area is 148 Å². The molecule has 140 valence electrons. The van der Waals surface area contributed by atoms with Gasteiger partial charge >= 0.3 is 19.2 Å². The van der Waals surface area contributed by atoms with Crippen molar-refractivity contribution in [3.05, 3.63) is 23.5 Å². The average Bonchev–Trinajstić information content (AvgIpc) is 2.69. The Hall–Kier alpha value is -2.12. The maximum absolute atomic E-state index is 14.5. The minimum absolute atomic E-state index is 0.0807. The van der Waals surface area contributed by atoms with Crippen LogP contribution in [0.3, 0.4) is 0 Å². The Balaban J connectivity index is 2.45. The van der Waals surface area contributed by atoms with Gasteiger partial charge in [0.25, 0.3) is 0 Å². The molecule has 10 heteroatoms. The highest BCUT2D eigenvalue weighted by Crippen LogP contribution is 2.37. The van der Waals surface area contributed by atoms with Crippen LogP contribution in [-0.2, 0) is 20.5 Å². The number of nitrogens with one attached hydrogen (secondary N) is 1. The van der Waals surface area contributed by atoms with E-state index in [9.17, 15) is 22.4 Å². The van der Waals surface area contributed by atoms with E-state index in [1.165, 1.54) is 0 Å². The van der Waals surface area contributed by atoms with Gasteiger partial charge in [-0.1, -0.05) is 0 Å². The van der Waals surface area contributed by atoms with E-state index in [1.807, 2.05) is 0 Å². The summed E-state index contributed by atoms with van der Waals surface area (Å²) in [6.07, 6.45) is -5.50. The predicted octanol–water partition coefficient (Wildman–Crippen LogP) is 2.69. The highest BCUT2D eigenvalue weighted by Gasteiger charge is 2.52. The van der Waals surface area contributed by atoms with E-state index in [-0.39, 0.29) is 23.1 Å². The average molecular weight is 372 g/mol. The highest BCUT2D eigenvalue weighted by atomic mass is 19.4. The minimum atomic E-state index is -5.12. The molecule has 0 bridgehead atoms. The van der Waals surface area contributed by atoms with E-state index in [4.69, 9.17) is 14.6 Å². The second kappa shape index (κ2) is 6.56. The van der Waals surface area contributed by atoms with E-state index < -0.39 is 36.2 Å². The van der Waals surface area contributed by atoms with Gasteiger partial charge in [-0.3, -0.25) is 4.79 Å². The number of nitrogens with zero attached hydrogens (tertiary/aromatic N) is 1. The van der Waals surface area contributed by atoms with Gasteiger partial charge in [0.05, 0.1) is 23.7 Å².